The first-order valence-corrected chi connectivity index (χ1v) is 8.72. The Labute approximate surface area is 123 Å². The summed E-state index contributed by atoms with van der Waals surface area (Å²) in [6.45, 7) is 2.55. The number of hydrogen-bond acceptors (Lipinski definition) is 6. The van der Waals surface area contributed by atoms with Gasteiger partial charge in [0.05, 0.1) is 16.4 Å². The maximum Gasteiger partial charge on any atom is 0.273 e. The zero-order valence-electron chi connectivity index (χ0n) is 11.8. The number of nitro benzene ring substituents is 1. The van der Waals surface area contributed by atoms with Crippen LogP contribution in [0.5, 0.6) is 0 Å². The van der Waals surface area contributed by atoms with Gasteiger partial charge >= 0.3 is 0 Å². The smallest absolute Gasteiger partial charge is 0.273 e. The Bertz CT molecular complexity index is 630. The van der Waals surface area contributed by atoms with E-state index in [9.17, 15) is 18.5 Å². The highest BCUT2D eigenvalue weighted by Crippen LogP contribution is 2.26. The largest absolute Gasteiger partial charge is 0.385 e. The normalized spacial score (nSPS) is 20.7. The molecule has 1 heterocycles. The lowest BCUT2D eigenvalue weighted by molar-refractivity contribution is -0.384. The molecule has 8 heteroatoms. The molecule has 2 rings (SSSR count). The van der Waals surface area contributed by atoms with Crippen molar-refractivity contribution < 1.29 is 13.3 Å². The van der Waals surface area contributed by atoms with Crippen LogP contribution in [-0.2, 0) is 9.84 Å². The minimum Gasteiger partial charge on any atom is -0.385 e. The fraction of sp³-hybridized carbons (Fsp3) is 0.538. The van der Waals surface area contributed by atoms with Gasteiger partial charge in [-0.15, -0.1) is 0 Å². The number of sulfone groups is 1. The van der Waals surface area contributed by atoms with E-state index in [1.807, 2.05) is 6.92 Å². The summed E-state index contributed by atoms with van der Waals surface area (Å²) in [5.74, 6) is 0.301. The van der Waals surface area contributed by atoms with E-state index in [-0.39, 0.29) is 23.2 Å². The summed E-state index contributed by atoms with van der Waals surface area (Å²) in [6, 6.07) is 4.46. The van der Waals surface area contributed by atoms with Crippen molar-refractivity contribution in [2.45, 2.75) is 25.8 Å². The Kier molecular flexibility index (Phi) is 4.66. The van der Waals surface area contributed by atoms with Crippen LogP contribution in [-0.4, -0.2) is 37.4 Å². The van der Waals surface area contributed by atoms with Crippen molar-refractivity contribution in [3.8, 4) is 0 Å². The van der Waals surface area contributed by atoms with Crippen molar-refractivity contribution in [1.29, 1.82) is 0 Å². The predicted octanol–water partition coefficient (Wildman–Crippen LogP) is 2.02. The molecule has 0 spiro atoms. The molecule has 1 aliphatic rings. The van der Waals surface area contributed by atoms with Crippen molar-refractivity contribution in [2.24, 2.45) is 0 Å². The molecule has 0 aliphatic carbocycles. The predicted molar refractivity (Wildman–Crippen MR) is 82.6 cm³/mol. The number of nitrogens with zero attached hydrogens (tertiary/aromatic N) is 1. The summed E-state index contributed by atoms with van der Waals surface area (Å²) < 4.78 is 23.3. The third-order valence-corrected chi connectivity index (χ3v) is 5.16. The molecule has 0 bridgehead atoms. The van der Waals surface area contributed by atoms with Gasteiger partial charge in [-0.25, -0.2) is 8.42 Å². The monoisotopic (exact) mass is 313 g/mol. The minimum atomic E-state index is -3.01. The third kappa shape index (κ3) is 4.32. The van der Waals surface area contributed by atoms with Crippen molar-refractivity contribution in [3.05, 3.63) is 28.3 Å². The molecule has 0 amide bonds. The average Bonchev–Trinajstić information content (AvgIpc) is 2.37. The number of anilines is 2. The quantitative estimate of drug-likeness (QED) is 0.637. The molecule has 1 aromatic rings. The molecule has 21 heavy (non-hydrogen) atoms. The first-order chi connectivity index (χ1) is 9.89. The van der Waals surface area contributed by atoms with Gasteiger partial charge in [-0.2, -0.15) is 0 Å². The van der Waals surface area contributed by atoms with Crippen LogP contribution in [0.15, 0.2) is 18.2 Å². The standard InChI is InChI=1S/C13H19N3O4S/c1-2-14-11-6-12(8-13(7-11)16(17)18)15-10-4-3-5-21(19,20)9-10/h6-8,10,14-15H,2-5,9H2,1H3. The lowest BCUT2D eigenvalue weighted by atomic mass is 10.1. The maximum atomic E-state index is 11.6. The molecule has 0 saturated carbocycles. The third-order valence-electron chi connectivity index (χ3n) is 3.34. The molecule has 0 aromatic heterocycles. The fourth-order valence-electron chi connectivity index (χ4n) is 2.48. The molecule has 2 N–H and O–H groups in total. The SMILES string of the molecule is CCNc1cc(NC2CCCS(=O)(=O)C2)cc([N+](=O)[O-])c1. The maximum absolute atomic E-state index is 11.6. The molecule has 1 unspecified atom stereocenters. The van der Waals surface area contributed by atoms with Crippen molar-refractivity contribution in [3.63, 3.8) is 0 Å². The number of rotatable bonds is 5. The van der Waals surface area contributed by atoms with Gasteiger partial charge < -0.3 is 10.6 Å². The molecular weight excluding hydrogens is 294 g/mol. The first kappa shape index (κ1) is 15.6. The van der Waals surface area contributed by atoms with Gasteiger partial charge in [-0.05, 0) is 25.8 Å². The van der Waals surface area contributed by atoms with Crippen LogP contribution in [0.2, 0.25) is 0 Å². The molecule has 1 atom stereocenters. The molecule has 1 saturated heterocycles. The van der Waals surface area contributed by atoms with Crippen LogP contribution in [0, 0.1) is 10.1 Å². The summed E-state index contributed by atoms with van der Waals surface area (Å²) in [4.78, 5) is 10.5. The Balaban J connectivity index is 2.20. The molecular formula is C13H19N3O4S. The van der Waals surface area contributed by atoms with E-state index in [1.165, 1.54) is 12.1 Å². The number of non-ortho nitro benzene ring substituents is 1. The fourth-order valence-corrected chi connectivity index (χ4v) is 4.11. The number of hydrogen-bond donors (Lipinski definition) is 2. The topological polar surface area (TPSA) is 101 Å². The van der Waals surface area contributed by atoms with Gasteiger partial charge in [-0.3, -0.25) is 10.1 Å². The van der Waals surface area contributed by atoms with E-state index in [0.717, 1.165) is 6.42 Å². The highest BCUT2D eigenvalue weighted by atomic mass is 32.2. The minimum absolute atomic E-state index is 0.0189. The molecule has 1 aromatic carbocycles. The Morgan fingerprint density at radius 1 is 1.33 bits per heavy atom. The first-order valence-electron chi connectivity index (χ1n) is 6.90. The van der Waals surface area contributed by atoms with Crippen LogP contribution in [0.4, 0.5) is 17.1 Å². The number of benzene rings is 1. The number of nitrogens with one attached hydrogen (secondary N) is 2. The second-order valence-corrected chi connectivity index (χ2v) is 7.38. The van der Waals surface area contributed by atoms with Crippen molar-refractivity contribution >= 4 is 26.9 Å². The summed E-state index contributed by atoms with van der Waals surface area (Å²) in [5, 5.41) is 17.1. The van der Waals surface area contributed by atoms with Gasteiger partial charge in [-0.1, -0.05) is 0 Å². The van der Waals surface area contributed by atoms with Gasteiger partial charge in [0.15, 0.2) is 9.84 Å². The van der Waals surface area contributed by atoms with E-state index in [2.05, 4.69) is 10.6 Å². The van der Waals surface area contributed by atoms with Crippen molar-refractivity contribution in [2.75, 3.05) is 28.7 Å². The second-order valence-electron chi connectivity index (χ2n) is 5.15. The van der Waals surface area contributed by atoms with Gasteiger partial charge in [0, 0.05) is 36.1 Å². The molecule has 0 radical (unpaired) electrons. The summed E-state index contributed by atoms with van der Waals surface area (Å²) in [7, 11) is -3.01. The highest BCUT2D eigenvalue weighted by molar-refractivity contribution is 7.91. The molecule has 7 nitrogen and oxygen atoms in total. The lowest BCUT2D eigenvalue weighted by Gasteiger charge is -2.24. The number of nitro groups is 1. The Morgan fingerprint density at radius 3 is 2.67 bits per heavy atom. The van der Waals surface area contributed by atoms with Crippen LogP contribution < -0.4 is 10.6 Å². The van der Waals surface area contributed by atoms with E-state index in [1.54, 1.807) is 6.07 Å². The zero-order chi connectivity index (χ0) is 15.5. The van der Waals surface area contributed by atoms with E-state index >= 15 is 0 Å². The van der Waals surface area contributed by atoms with Crippen molar-refractivity contribution in [1.82, 2.24) is 0 Å². The summed E-state index contributed by atoms with van der Waals surface area (Å²) in [5.41, 5.74) is 1.20. The highest BCUT2D eigenvalue weighted by Gasteiger charge is 2.25. The Morgan fingerprint density at radius 2 is 2.05 bits per heavy atom. The van der Waals surface area contributed by atoms with Crippen LogP contribution >= 0.6 is 0 Å². The van der Waals surface area contributed by atoms with Gasteiger partial charge in [0.2, 0.25) is 0 Å². The van der Waals surface area contributed by atoms with E-state index in [4.69, 9.17) is 0 Å². The molecule has 1 aliphatic heterocycles. The van der Waals surface area contributed by atoms with E-state index in [0.29, 0.717) is 24.3 Å². The lowest BCUT2D eigenvalue weighted by Crippen LogP contribution is -2.34. The van der Waals surface area contributed by atoms with Gasteiger partial charge in [0.25, 0.3) is 5.69 Å². The zero-order valence-corrected chi connectivity index (χ0v) is 12.6. The molecule has 116 valence electrons. The Hall–Kier alpha value is -1.83. The van der Waals surface area contributed by atoms with Gasteiger partial charge in [0.1, 0.15) is 0 Å². The summed E-state index contributed by atoms with van der Waals surface area (Å²) in [6.07, 6.45) is 1.37. The van der Waals surface area contributed by atoms with Crippen LogP contribution in [0.1, 0.15) is 19.8 Å². The van der Waals surface area contributed by atoms with E-state index < -0.39 is 14.8 Å². The average molecular weight is 313 g/mol. The summed E-state index contributed by atoms with van der Waals surface area (Å²) >= 11 is 0. The van der Waals surface area contributed by atoms with Crippen LogP contribution in [0.25, 0.3) is 0 Å². The van der Waals surface area contributed by atoms with Crippen LogP contribution in [0.3, 0.4) is 0 Å². The second kappa shape index (κ2) is 6.30. The molecule has 1 fully saturated rings.